The van der Waals surface area contributed by atoms with Crippen LogP contribution in [0.15, 0.2) is 0 Å². The van der Waals surface area contributed by atoms with E-state index in [1.165, 1.54) is 6.42 Å². The Kier molecular flexibility index (Phi) is 3.33. The van der Waals surface area contributed by atoms with E-state index in [2.05, 4.69) is 6.07 Å². The van der Waals surface area contributed by atoms with E-state index in [1.807, 2.05) is 13.8 Å². The van der Waals surface area contributed by atoms with Crippen LogP contribution >= 0.6 is 0 Å². The maximum Gasteiger partial charge on any atom is 0.0684 e. The number of nitrogens with zero attached hydrogens (tertiary/aromatic N) is 1. The summed E-state index contributed by atoms with van der Waals surface area (Å²) < 4.78 is 0. The molecule has 1 rings (SSSR count). The molecule has 0 heterocycles. The minimum atomic E-state index is -0.221. The molecule has 0 radical (unpaired) electrons. The molecule has 0 aromatic heterocycles. The van der Waals surface area contributed by atoms with Crippen molar-refractivity contribution in [3.05, 3.63) is 0 Å². The van der Waals surface area contributed by atoms with Gasteiger partial charge in [0.05, 0.1) is 17.6 Å². The number of nitriles is 1. The summed E-state index contributed by atoms with van der Waals surface area (Å²) in [6.45, 7) is 3.96. The maximum atomic E-state index is 9.47. The lowest BCUT2D eigenvalue weighted by molar-refractivity contribution is 0.0895. The standard InChI is InChI=1S/C11H19NO/c1-11(2,8-12)7-9-4-3-5-10(13)6-9/h9-10,13H,3-7H2,1-2H3. The van der Waals surface area contributed by atoms with Crippen molar-refractivity contribution >= 4 is 0 Å². The van der Waals surface area contributed by atoms with Gasteiger partial charge in [0.15, 0.2) is 0 Å². The molecule has 0 aliphatic heterocycles. The molecule has 0 amide bonds. The van der Waals surface area contributed by atoms with Gasteiger partial charge in [-0.3, -0.25) is 0 Å². The lowest BCUT2D eigenvalue weighted by Gasteiger charge is -2.29. The Morgan fingerprint density at radius 3 is 2.69 bits per heavy atom. The zero-order valence-electron chi connectivity index (χ0n) is 8.58. The number of rotatable bonds is 2. The van der Waals surface area contributed by atoms with Gasteiger partial charge in [-0.25, -0.2) is 0 Å². The summed E-state index contributed by atoms with van der Waals surface area (Å²) in [7, 11) is 0. The van der Waals surface area contributed by atoms with Crippen LogP contribution in [-0.4, -0.2) is 11.2 Å². The molecule has 0 aromatic carbocycles. The summed E-state index contributed by atoms with van der Waals surface area (Å²) in [6.07, 6.45) is 4.96. The van der Waals surface area contributed by atoms with Crippen LogP contribution in [-0.2, 0) is 0 Å². The van der Waals surface area contributed by atoms with E-state index in [1.54, 1.807) is 0 Å². The second kappa shape index (κ2) is 4.11. The molecule has 0 aromatic rings. The Labute approximate surface area is 80.6 Å². The SMILES string of the molecule is CC(C)(C#N)CC1CCCC(O)C1. The molecular weight excluding hydrogens is 162 g/mol. The van der Waals surface area contributed by atoms with Gasteiger partial charge in [0.1, 0.15) is 0 Å². The molecule has 2 atom stereocenters. The highest BCUT2D eigenvalue weighted by Gasteiger charge is 2.27. The van der Waals surface area contributed by atoms with E-state index in [-0.39, 0.29) is 11.5 Å². The van der Waals surface area contributed by atoms with Crippen LogP contribution in [0, 0.1) is 22.7 Å². The smallest absolute Gasteiger partial charge is 0.0684 e. The maximum absolute atomic E-state index is 9.47. The van der Waals surface area contributed by atoms with Gasteiger partial charge in [0.2, 0.25) is 0 Å². The molecule has 2 nitrogen and oxygen atoms in total. The fraction of sp³-hybridized carbons (Fsp3) is 0.909. The van der Waals surface area contributed by atoms with Crippen molar-refractivity contribution in [2.75, 3.05) is 0 Å². The summed E-state index contributed by atoms with van der Waals surface area (Å²) in [5, 5.41) is 18.3. The summed E-state index contributed by atoms with van der Waals surface area (Å²) in [6, 6.07) is 2.32. The zero-order valence-corrected chi connectivity index (χ0v) is 8.58. The third-order valence-corrected chi connectivity index (χ3v) is 2.86. The second-order valence-electron chi connectivity index (χ2n) is 4.89. The first-order chi connectivity index (χ1) is 6.03. The molecule has 0 saturated heterocycles. The highest BCUT2D eigenvalue weighted by molar-refractivity contribution is 4.93. The topological polar surface area (TPSA) is 44.0 Å². The normalized spacial score (nSPS) is 29.7. The minimum absolute atomic E-state index is 0.117. The predicted octanol–water partition coefficient (Wildman–Crippen LogP) is 2.48. The summed E-state index contributed by atoms with van der Waals surface area (Å²) in [4.78, 5) is 0. The van der Waals surface area contributed by atoms with Crippen molar-refractivity contribution in [2.24, 2.45) is 11.3 Å². The predicted molar refractivity (Wildman–Crippen MR) is 52.0 cm³/mol. The molecular formula is C11H19NO. The van der Waals surface area contributed by atoms with Crippen molar-refractivity contribution in [3.63, 3.8) is 0 Å². The number of aliphatic hydroxyl groups excluding tert-OH is 1. The van der Waals surface area contributed by atoms with Crippen molar-refractivity contribution in [1.29, 1.82) is 5.26 Å². The van der Waals surface area contributed by atoms with Crippen molar-refractivity contribution in [3.8, 4) is 6.07 Å². The fourth-order valence-corrected chi connectivity index (χ4v) is 2.22. The Balaban J connectivity index is 2.41. The van der Waals surface area contributed by atoms with Crippen LogP contribution < -0.4 is 0 Å². The average molecular weight is 181 g/mol. The second-order valence-corrected chi connectivity index (χ2v) is 4.89. The summed E-state index contributed by atoms with van der Waals surface area (Å²) in [5.41, 5.74) is -0.221. The molecule has 1 aliphatic carbocycles. The van der Waals surface area contributed by atoms with E-state index in [4.69, 9.17) is 5.26 Å². The monoisotopic (exact) mass is 181 g/mol. The molecule has 1 fully saturated rings. The number of hydrogen-bond donors (Lipinski definition) is 1. The van der Waals surface area contributed by atoms with E-state index < -0.39 is 0 Å². The third-order valence-electron chi connectivity index (χ3n) is 2.86. The van der Waals surface area contributed by atoms with Gasteiger partial charge in [-0.2, -0.15) is 5.26 Å². The van der Waals surface area contributed by atoms with E-state index in [0.717, 1.165) is 25.7 Å². The van der Waals surface area contributed by atoms with Gasteiger partial charge in [-0.15, -0.1) is 0 Å². The third kappa shape index (κ3) is 3.36. The van der Waals surface area contributed by atoms with Crippen LogP contribution in [0.3, 0.4) is 0 Å². The van der Waals surface area contributed by atoms with Crippen LogP contribution in [0.5, 0.6) is 0 Å². The van der Waals surface area contributed by atoms with Crippen molar-refractivity contribution < 1.29 is 5.11 Å². The van der Waals surface area contributed by atoms with Crippen LogP contribution in [0.1, 0.15) is 46.0 Å². The van der Waals surface area contributed by atoms with Gasteiger partial charge < -0.3 is 5.11 Å². The molecule has 2 heteroatoms. The van der Waals surface area contributed by atoms with Crippen LogP contribution in [0.25, 0.3) is 0 Å². The van der Waals surface area contributed by atoms with Gasteiger partial charge >= 0.3 is 0 Å². The molecule has 1 aliphatic rings. The van der Waals surface area contributed by atoms with E-state index >= 15 is 0 Å². The average Bonchev–Trinajstić information content (AvgIpc) is 2.03. The fourth-order valence-electron chi connectivity index (χ4n) is 2.22. The molecule has 2 unspecified atom stereocenters. The number of hydrogen-bond acceptors (Lipinski definition) is 2. The Morgan fingerprint density at radius 1 is 1.46 bits per heavy atom. The summed E-state index contributed by atoms with van der Waals surface area (Å²) >= 11 is 0. The minimum Gasteiger partial charge on any atom is -0.393 e. The Hall–Kier alpha value is -0.550. The van der Waals surface area contributed by atoms with Crippen LogP contribution in [0.2, 0.25) is 0 Å². The highest BCUT2D eigenvalue weighted by Crippen LogP contribution is 2.33. The lowest BCUT2D eigenvalue weighted by atomic mass is 9.76. The van der Waals surface area contributed by atoms with Crippen molar-refractivity contribution in [2.45, 2.75) is 52.1 Å². The first-order valence-corrected chi connectivity index (χ1v) is 5.13. The van der Waals surface area contributed by atoms with Crippen LogP contribution in [0.4, 0.5) is 0 Å². The molecule has 1 N–H and O–H groups in total. The largest absolute Gasteiger partial charge is 0.393 e. The van der Waals surface area contributed by atoms with Gasteiger partial charge in [0, 0.05) is 0 Å². The molecule has 0 bridgehead atoms. The summed E-state index contributed by atoms with van der Waals surface area (Å²) in [5.74, 6) is 0.554. The lowest BCUT2D eigenvalue weighted by Crippen LogP contribution is -2.24. The quantitative estimate of drug-likeness (QED) is 0.711. The van der Waals surface area contributed by atoms with Gasteiger partial charge in [-0.05, 0) is 39.0 Å². The zero-order chi connectivity index (χ0) is 9.90. The molecule has 13 heavy (non-hydrogen) atoms. The van der Waals surface area contributed by atoms with Gasteiger partial charge in [-0.1, -0.05) is 12.8 Å². The molecule has 1 saturated carbocycles. The molecule has 74 valence electrons. The van der Waals surface area contributed by atoms with E-state index in [0.29, 0.717) is 5.92 Å². The van der Waals surface area contributed by atoms with E-state index in [9.17, 15) is 5.11 Å². The number of aliphatic hydroxyl groups is 1. The Morgan fingerprint density at radius 2 is 2.15 bits per heavy atom. The Bertz CT molecular complexity index is 205. The van der Waals surface area contributed by atoms with Gasteiger partial charge in [0.25, 0.3) is 0 Å². The molecule has 0 spiro atoms. The van der Waals surface area contributed by atoms with Crippen molar-refractivity contribution in [1.82, 2.24) is 0 Å². The first kappa shape index (κ1) is 10.5. The first-order valence-electron chi connectivity index (χ1n) is 5.13. The highest BCUT2D eigenvalue weighted by atomic mass is 16.3.